The normalized spacial score (nSPS) is 15.3. The summed E-state index contributed by atoms with van der Waals surface area (Å²) in [5.41, 5.74) is 4.37. The Morgan fingerprint density at radius 3 is 2.00 bits per heavy atom. The summed E-state index contributed by atoms with van der Waals surface area (Å²) in [4.78, 5) is 0.135. The fourth-order valence-electron chi connectivity index (χ4n) is 4.09. The smallest absolute Gasteiger partial charge is 0.265 e. The van der Waals surface area contributed by atoms with E-state index in [2.05, 4.69) is 0 Å². The molecule has 0 aromatic heterocycles. The van der Waals surface area contributed by atoms with Crippen LogP contribution in [0.5, 0.6) is 5.75 Å². The first-order valence-corrected chi connectivity index (χ1v) is 11.1. The SMILES string of the molecule is O=S(=O)(c1ccc(O)cc1)N1c2ccccc2-c2ccccc2C1c1ccccc1. The van der Waals surface area contributed by atoms with Crippen molar-refractivity contribution >= 4 is 15.7 Å². The number of fused-ring (bicyclic) bond motifs is 3. The number of hydrogen-bond acceptors (Lipinski definition) is 3. The lowest BCUT2D eigenvalue weighted by Crippen LogP contribution is -2.38. The number of aromatic hydroxyl groups is 1. The van der Waals surface area contributed by atoms with Crippen LogP contribution in [0.1, 0.15) is 17.2 Å². The van der Waals surface area contributed by atoms with Crippen LogP contribution in [0.25, 0.3) is 11.1 Å². The standard InChI is InChI=1S/C25H19NO3S/c27-19-14-16-20(17-15-19)30(28,29)26-24-13-7-6-11-22(24)21-10-4-5-12-23(21)25(26)18-8-2-1-3-9-18/h1-17,25,27H. The molecule has 0 spiro atoms. The molecule has 0 saturated heterocycles. The van der Waals surface area contributed by atoms with Crippen LogP contribution in [0.3, 0.4) is 0 Å². The van der Waals surface area contributed by atoms with E-state index in [1.807, 2.05) is 78.9 Å². The molecule has 4 nitrogen and oxygen atoms in total. The van der Waals surface area contributed by atoms with Gasteiger partial charge in [-0.05, 0) is 47.0 Å². The van der Waals surface area contributed by atoms with Crippen molar-refractivity contribution in [2.24, 2.45) is 0 Å². The van der Waals surface area contributed by atoms with E-state index < -0.39 is 16.1 Å². The van der Waals surface area contributed by atoms with E-state index in [0.29, 0.717) is 5.69 Å². The molecule has 1 aliphatic rings. The maximum atomic E-state index is 13.9. The van der Waals surface area contributed by atoms with Gasteiger partial charge in [-0.2, -0.15) is 0 Å². The summed E-state index contributed by atoms with van der Waals surface area (Å²) in [7, 11) is -3.91. The number of para-hydroxylation sites is 1. The van der Waals surface area contributed by atoms with Crippen LogP contribution in [0.4, 0.5) is 5.69 Å². The van der Waals surface area contributed by atoms with Gasteiger partial charge in [0.05, 0.1) is 16.6 Å². The summed E-state index contributed by atoms with van der Waals surface area (Å²) in [5, 5.41) is 9.64. The minimum Gasteiger partial charge on any atom is -0.508 e. The number of rotatable bonds is 3. The van der Waals surface area contributed by atoms with Crippen LogP contribution in [-0.4, -0.2) is 13.5 Å². The third-order valence-corrected chi connectivity index (χ3v) is 7.22. The largest absolute Gasteiger partial charge is 0.508 e. The third kappa shape index (κ3) is 2.86. The summed E-state index contributed by atoms with van der Waals surface area (Å²) in [6.45, 7) is 0. The summed E-state index contributed by atoms with van der Waals surface area (Å²) >= 11 is 0. The van der Waals surface area contributed by atoms with Gasteiger partial charge in [-0.3, -0.25) is 4.31 Å². The zero-order chi connectivity index (χ0) is 20.7. The molecule has 1 aliphatic heterocycles. The second-order valence-corrected chi connectivity index (χ2v) is 9.03. The topological polar surface area (TPSA) is 57.6 Å². The van der Waals surface area contributed by atoms with E-state index in [-0.39, 0.29) is 10.6 Å². The van der Waals surface area contributed by atoms with Gasteiger partial charge in [0.15, 0.2) is 0 Å². The lowest BCUT2D eigenvalue weighted by atomic mass is 9.86. The summed E-state index contributed by atoms with van der Waals surface area (Å²) < 4.78 is 29.3. The van der Waals surface area contributed by atoms with Gasteiger partial charge >= 0.3 is 0 Å². The molecule has 5 rings (SSSR count). The molecule has 0 saturated carbocycles. The predicted octanol–water partition coefficient (Wildman–Crippen LogP) is 5.36. The highest BCUT2D eigenvalue weighted by molar-refractivity contribution is 7.92. The molecule has 1 unspecified atom stereocenters. The van der Waals surface area contributed by atoms with Crippen molar-refractivity contribution in [2.75, 3.05) is 4.31 Å². The van der Waals surface area contributed by atoms with E-state index in [1.54, 1.807) is 0 Å². The van der Waals surface area contributed by atoms with Gasteiger partial charge in [0.1, 0.15) is 5.75 Å². The molecular formula is C25H19NO3S. The van der Waals surface area contributed by atoms with Crippen LogP contribution in [0.2, 0.25) is 0 Å². The van der Waals surface area contributed by atoms with E-state index >= 15 is 0 Å². The fourth-order valence-corrected chi connectivity index (χ4v) is 5.73. The number of anilines is 1. The molecule has 4 aromatic rings. The Bertz CT molecular complexity index is 1320. The molecule has 5 heteroatoms. The third-order valence-electron chi connectivity index (χ3n) is 5.43. The Balaban J connectivity index is 1.82. The zero-order valence-corrected chi connectivity index (χ0v) is 16.8. The molecule has 1 atom stereocenters. The Hall–Kier alpha value is -3.57. The molecule has 0 amide bonds. The van der Waals surface area contributed by atoms with Crippen molar-refractivity contribution in [3.05, 3.63) is 114 Å². The molecule has 30 heavy (non-hydrogen) atoms. The van der Waals surface area contributed by atoms with E-state index in [9.17, 15) is 13.5 Å². The van der Waals surface area contributed by atoms with Crippen LogP contribution in [0.15, 0.2) is 108 Å². The molecule has 4 aromatic carbocycles. The second kappa shape index (κ2) is 7.04. The molecule has 0 aliphatic carbocycles. The van der Waals surface area contributed by atoms with Gasteiger partial charge in [-0.1, -0.05) is 72.8 Å². The number of hydrogen-bond donors (Lipinski definition) is 1. The first kappa shape index (κ1) is 18.5. The monoisotopic (exact) mass is 413 g/mol. The van der Waals surface area contributed by atoms with Gasteiger partial charge in [0.25, 0.3) is 10.0 Å². The van der Waals surface area contributed by atoms with Crippen molar-refractivity contribution in [2.45, 2.75) is 10.9 Å². The summed E-state index contributed by atoms with van der Waals surface area (Å²) in [6, 6.07) is 30.4. The number of phenols is 1. The predicted molar refractivity (Wildman–Crippen MR) is 118 cm³/mol. The van der Waals surface area contributed by atoms with E-state index in [4.69, 9.17) is 0 Å². The highest BCUT2D eigenvalue weighted by atomic mass is 32.2. The number of nitrogens with zero attached hydrogens (tertiary/aromatic N) is 1. The van der Waals surface area contributed by atoms with Crippen molar-refractivity contribution in [1.82, 2.24) is 0 Å². The van der Waals surface area contributed by atoms with Crippen molar-refractivity contribution < 1.29 is 13.5 Å². The van der Waals surface area contributed by atoms with Crippen LogP contribution < -0.4 is 4.31 Å². The maximum Gasteiger partial charge on any atom is 0.265 e. The minimum atomic E-state index is -3.91. The lowest BCUT2D eigenvalue weighted by molar-refractivity contribution is 0.474. The number of phenolic OH excluding ortho intramolecular Hbond substituents is 1. The molecule has 148 valence electrons. The summed E-state index contributed by atoms with van der Waals surface area (Å²) in [6.07, 6.45) is 0. The van der Waals surface area contributed by atoms with Gasteiger partial charge in [-0.25, -0.2) is 8.42 Å². The highest BCUT2D eigenvalue weighted by Gasteiger charge is 2.39. The zero-order valence-electron chi connectivity index (χ0n) is 16.0. The van der Waals surface area contributed by atoms with Gasteiger partial charge in [-0.15, -0.1) is 0 Å². The molecule has 0 bridgehead atoms. The molecule has 1 heterocycles. The lowest BCUT2D eigenvalue weighted by Gasteiger charge is -2.39. The van der Waals surface area contributed by atoms with Crippen LogP contribution >= 0.6 is 0 Å². The Morgan fingerprint density at radius 2 is 1.27 bits per heavy atom. The van der Waals surface area contributed by atoms with E-state index in [0.717, 1.165) is 22.3 Å². The van der Waals surface area contributed by atoms with Crippen molar-refractivity contribution in [3.8, 4) is 16.9 Å². The van der Waals surface area contributed by atoms with Gasteiger partial charge < -0.3 is 5.11 Å². The van der Waals surface area contributed by atoms with Crippen molar-refractivity contribution in [1.29, 1.82) is 0 Å². The first-order valence-electron chi connectivity index (χ1n) is 9.64. The molecule has 0 radical (unpaired) electrons. The van der Waals surface area contributed by atoms with Crippen molar-refractivity contribution in [3.63, 3.8) is 0 Å². The highest BCUT2D eigenvalue weighted by Crippen LogP contribution is 2.49. The summed E-state index contributed by atoms with van der Waals surface area (Å²) in [5.74, 6) is 0.0259. The average molecular weight is 413 g/mol. The maximum absolute atomic E-state index is 13.9. The number of sulfonamides is 1. The quantitative estimate of drug-likeness (QED) is 0.492. The Labute approximate surface area is 175 Å². The first-order chi connectivity index (χ1) is 14.6. The van der Waals surface area contributed by atoms with Crippen LogP contribution in [0, 0.1) is 0 Å². The molecule has 0 fully saturated rings. The fraction of sp³-hybridized carbons (Fsp3) is 0.0400. The Kier molecular flexibility index (Phi) is 4.33. The number of benzene rings is 4. The van der Waals surface area contributed by atoms with Gasteiger partial charge in [0.2, 0.25) is 0 Å². The van der Waals surface area contributed by atoms with E-state index in [1.165, 1.54) is 28.6 Å². The minimum absolute atomic E-state index is 0.0259. The molecule has 1 N–H and O–H groups in total. The second-order valence-electron chi connectivity index (χ2n) is 7.21. The Morgan fingerprint density at radius 1 is 0.667 bits per heavy atom. The average Bonchev–Trinajstić information content (AvgIpc) is 2.79. The van der Waals surface area contributed by atoms with Gasteiger partial charge in [0, 0.05) is 5.56 Å². The molecular weight excluding hydrogens is 394 g/mol. The van der Waals surface area contributed by atoms with Crippen LogP contribution in [-0.2, 0) is 10.0 Å².